The van der Waals surface area contributed by atoms with E-state index in [1.165, 1.54) is 45.2 Å². The second-order valence-electron chi connectivity index (χ2n) is 7.35. The van der Waals surface area contributed by atoms with Gasteiger partial charge in [0.25, 0.3) is 0 Å². The molecule has 3 rings (SSSR count). The van der Waals surface area contributed by atoms with E-state index >= 15 is 0 Å². The maximum absolute atomic E-state index is 4.76. The van der Waals surface area contributed by atoms with Gasteiger partial charge in [0.05, 0.1) is 0 Å². The fourth-order valence-electron chi connectivity index (χ4n) is 3.32. The molecule has 2 N–H and O–H groups in total. The Morgan fingerprint density at radius 1 is 1.20 bits per heavy atom. The van der Waals surface area contributed by atoms with E-state index in [-0.39, 0.29) is 0 Å². The molecule has 1 aromatic heterocycles. The van der Waals surface area contributed by atoms with Crippen molar-refractivity contribution in [2.45, 2.75) is 71.0 Å². The first-order chi connectivity index (χ1) is 12.2. The Morgan fingerprint density at radius 2 is 1.96 bits per heavy atom. The van der Waals surface area contributed by atoms with Gasteiger partial charge in [0.2, 0.25) is 0 Å². The maximum Gasteiger partial charge on any atom is 0.191 e. The van der Waals surface area contributed by atoms with Gasteiger partial charge in [-0.15, -0.1) is 10.2 Å². The number of likely N-dealkylation sites (tertiary alicyclic amines) is 1. The molecule has 0 spiro atoms. The summed E-state index contributed by atoms with van der Waals surface area (Å²) in [5.41, 5.74) is 0. The Bertz CT molecular complexity index is 568. The van der Waals surface area contributed by atoms with E-state index in [9.17, 15) is 0 Å². The number of nitrogens with zero attached hydrogens (tertiary/aromatic N) is 5. The lowest BCUT2D eigenvalue weighted by Crippen LogP contribution is -2.49. The predicted octanol–water partition coefficient (Wildman–Crippen LogP) is 1.59. The van der Waals surface area contributed by atoms with Crippen LogP contribution < -0.4 is 10.6 Å². The van der Waals surface area contributed by atoms with E-state index in [0.717, 1.165) is 36.6 Å². The zero-order valence-electron chi connectivity index (χ0n) is 16.0. The van der Waals surface area contributed by atoms with Crippen molar-refractivity contribution >= 4 is 5.96 Å². The molecule has 7 heteroatoms. The van der Waals surface area contributed by atoms with Crippen LogP contribution in [0.4, 0.5) is 0 Å². The van der Waals surface area contributed by atoms with E-state index in [1.807, 2.05) is 18.5 Å². The Labute approximate surface area is 151 Å². The van der Waals surface area contributed by atoms with Gasteiger partial charge < -0.3 is 20.1 Å². The first-order valence-corrected chi connectivity index (χ1v) is 9.81. The highest BCUT2D eigenvalue weighted by Gasteiger charge is 2.31. The molecule has 2 aliphatic rings. The van der Waals surface area contributed by atoms with E-state index < -0.39 is 0 Å². The van der Waals surface area contributed by atoms with Gasteiger partial charge >= 0.3 is 0 Å². The first kappa shape index (κ1) is 18.2. The molecule has 1 saturated heterocycles. The summed E-state index contributed by atoms with van der Waals surface area (Å²) in [5, 5.41) is 15.4. The lowest BCUT2D eigenvalue weighted by molar-refractivity contribution is 0.197. The van der Waals surface area contributed by atoms with Gasteiger partial charge in [0, 0.05) is 38.8 Å². The molecule has 2 fully saturated rings. The zero-order valence-corrected chi connectivity index (χ0v) is 16.0. The zero-order chi connectivity index (χ0) is 17.6. The minimum Gasteiger partial charge on any atom is -0.356 e. The second kappa shape index (κ2) is 8.65. The summed E-state index contributed by atoms with van der Waals surface area (Å²) >= 11 is 0. The molecule has 0 aromatic carbocycles. The number of aryl methyl sites for hydroxylation is 1. The summed E-state index contributed by atoms with van der Waals surface area (Å²) in [5.74, 6) is 2.74. The molecule has 0 radical (unpaired) electrons. The van der Waals surface area contributed by atoms with Crippen molar-refractivity contribution in [3.05, 3.63) is 11.6 Å². The highest BCUT2D eigenvalue weighted by atomic mass is 15.3. The van der Waals surface area contributed by atoms with Gasteiger partial charge in [-0.25, -0.2) is 4.99 Å². The molecule has 25 heavy (non-hydrogen) atoms. The Balaban J connectivity index is 1.54. The second-order valence-corrected chi connectivity index (χ2v) is 7.35. The van der Waals surface area contributed by atoms with Gasteiger partial charge in [-0.3, -0.25) is 0 Å². The Hall–Kier alpha value is -1.63. The predicted molar refractivity (Wildman–Crippen MR) is 101 cm³/mol. The molecule has 7 nitrogen and oxygen atoms in total. The summed E-state index contributed by atoms with van der Waals surface area (Å²) < 4.78 is 2.00. The number of aliphatic imine (C=N–C) groups is 1. The molecule has 0 unspecified atom stereocenters. The third-order valence-electron chi connectivity index (χ3n) is 5.32. The summed E-state index contributed by atoms with van der Waals surface area (Å²) in [6.07, 6.45) is 7.55. The smallest absolute Gasteiger partial charge is 0.191 e. The average molecular weight is 348 g/mol. The number of unbranched alkanes of at least 4 members (excludes halogenated alkanes) is 1. The number of hydrogen-bond donors (Lipinski definition) is 2. The van der Waals surface area contributed by atoms with Crippen LogP contribution in [0.5, 0.6) is 0 Å². The number of guanidine groups is 1. The van der Waals surface area contributed by atoms with E-state index in [1.54, 1.807) is 0 Å². The van der Waals surface area contributed by atoms with Crippen LogP contribution in [0.25, 0.3) is 0 Å². The van der Waals surface area contributed by atoms with Gasteiger partial charge in [-0.1, -0.05) is 13.3 Å². The van der Waals surface area contributed by atoms with Crippen LogP contribution in [0.15, 0.2) is 4.99 Å². The Kier molecular flexibility index (Phi) is 6.29. The molecule has 1 aromatic rings. The van der Waals surface area contributed by atoms with Gasteiger partial charge in [0.15, 0.2) is 11.8 Å². The van der Waals surface area contributed by atoms with Crippen molar-refractivity contribution in [1.29, 1.82) is 0 Å². The fraction of sp³-hybridized carbons (Fsp3) is 0.833. The molecule has 0 atom stereocenters. The van der Waals surface area contributed by atoms with Gasteiger partial charge in [0.1, 0.15) is 12.4 Å². The third kappa shape index (κ3) is 5.17. The number of piperidine rings is 1. The lowest BCUT2D eigenvalue weighted by atomic mass is 10.1. The standard InChI is InChI=1S/C18H33N7/c1-4-5-10-19-18(20-13-17-23-22-14(2)24(17)3)21-15-8-11-25(12-9-15)16-6-7-16/h15-16H,4-13H2,1-3H3,(H2,19,20,21). The third-order valence-corrected chi connectivity index (χ3v) is 5.32. The van der Waals surface area contributed by atoms with Crippen molar-refractivity contribution in [3.63, 3.8) is 0 Å². The fourth-order valence-corrected chi connectivity index (χ4v) is 3.32. The number of rotatable bonds is 7. The van der Waals surface area contributed by atoms with Crippen molar-refractivity contribution in [3.8, 4) is 0 Å². The lowest BCUT2D eigenvalue weighted by Gasteiger charge is -2.33. The maximum atomic E-state index is 4.76. The van der Waals surface area contributed by atoms with E-state index in [0.29, 0.717) is 12.6 Å². The van der Waals surface area contributed by atoms with Crippen LogP contribution in [0, 0.1) is 6.92 Å². The van der Waals surface area contributed by atoms with Crippen LogP contribution in [0.2, 0.25) is 0 Å². The SMILES string of the molecule is CCCCNC(=NCc1nnc(C)n1C)NC1CCN(C2CC2)CC1. The summed E-state index contributed by atoms with van der Waals surface area (Å²) in [6.45, 7) is 8.12. The summed E-state index contributed by atoms with van der Waals surface area (Å²) in [7, 11) is 1.99. The van der Waals surface area contributed by atoms with Crippen LogP contribution in [-0.2, 0) is 13.6 Å². The van der Waals surface area contributed by atoms with Gasteiger partial charge in [-0.05, 0) is 39.0 Å². The van der Waals surface area contributed by atoms with Crippen molar-refractivity contribution in [2.75, 3.05) is 19.6 Å². The summed E-state index contributed by atoms with van der Waals surface area (Å²) in [4.78, 5) is 7.41. The highest BCUT2D eigenvalue weighted by molar-refractivity contribution is 5.80. The quantitative estimate of drug-likeness (QED) is 0.445. The first-order valence-electron chi connectivity index (χ1n) is 9.81. The van der Waals surface area contributed by atoms with Crippen LogP contribution >= 0.6 is 0 Å². The monoisotopic (exact) mass is 347 g/mol. The van der Waals surface area contributed by atoms with Crippen molar-refractivity contribution in [1.82, 2.24) is 30.3 Å². The van der Waals surface area contributed by atoms with Crippen molar-refractivity contribution < 1.29 is 0 Å². The molecule has 1 aliphatic heterocycles. The van der Waals surface area contributed by atoms with Gasteiger partial charge in [-0.2, -0.15) is 0 Å². The molecule has 1 saturated carbocycles. The number of aromatic nitrogens is 3. The van der Waals surface area contributed by atoms with Crippen LogP contribution in [0.3, 0.4) is 0 Å². The molecular formula is C18H33N7. The number of nitrogens with one attached hydrogen (secondary N) is 2. The van der Waals surface area contributed by atoms with Crippen LogP contribution in [0.1, 0.15) is 57.1 Å². The molecule has 1 aliphatic carbocycles. The molecule has 0 bridgehead atoms. The Morgan fingerprint density at radius 3 is 2.56 bits per heavy atom. The van der Waals surface area contributed by atoms with Crippen molar-refractivity contribution in [2.24, 2.45) is 12.0 Å². The largest absolute Gasteiger partial charge is 0.356 e. The normalized spacial score (nSPS) is 20.0. The van der Waals surface area contributed by atoms with E-state index in [4.69, 9.17) is 4.99 Å². The number of hydrogen-bond acceptors (Lipinski definition) is 4. The van der Waals surface area contributed by atoms with E-state index in [2.05, 4.69) is 32.7 Å². The summed E-state index contributed by atoms with van der Waals surface area (Å²) in [6, 6.07) is 1.40. The minimum absolute atomic E-state index is 0.518. The molecular weight excluding hydrogens is 314 g/mol. The molecule has 0 amide bonds. The minimum atomic E-state index is 0.518. The average Bonchev–Trinajstić information content (AvgIpc) is 3.42. The molecule has 2 heterocycles. The highest BCUT2D eigenvalue weighted by Crippen LogP contribution is 2.29. The van der Waals surface area contributed by atoms with Crippen LogP contribution in [-0.4, -0.2) is 57.3 Å². The molecule has 140 valence electrons. The topological polar surface area (TPSA) is 70.4 Å².